The Morgan fingerprint density at radius 3 is 2.38 bits per heavy atom. The van der Waals surface area contributed by atoms with E-state index in [1.165, 1.54) is 7.11 Å². The summed E-state index contributed by atoms with van der Waals surface area (Å²) in [4.78, 5) is 26.5. The maximum Gasteiger partial charge on any atom is 0.307 e. The van der Waals surface area contributed by atoms with Crippen LogP contribution in [-0.4, -0.2) is 37.0 Å². The van der Waals surface area contributed by atoms with Gasteiger partial charge in [0.15, 0.2) is 0 Å². The second-order valence-electron chi connectivity index (χ2n) is 5.97. The fourth-order valence-electron chi connectivity index (χ4n) is 2.62. The maximum atomic E-state index is 13.1. The van der Waals surface area contributed by atoms with Gasteiger partial charge in [0.25, 0.3) is 5.91 Å². The highest BCUT2D eigenvalue weighted by molar-refractivity contribution is 5.97. The van der Waals surface area contributed by atoms with Crippen molar-refractivity contribution in [1.29, 1.82) is 0 Å². The summed E-state index contributed by atoms with van der Waals surface area (Å²) in [5, 5.41) is 0. The number of ether oxygens (including phenoxy) is 2. The number of esters is 1. The van der Waals surface area contributed by atoms with Crippen LogP contribution in [0.15, 0.2) is 48.5 Å². The molecule has 0 N–H and O–H groups in total. The topological polar surface area (TPSA) is 55.8 Å². The van der Waals surface area contributed by atoms with Gasteiger partial charge in [-0.3, -0.25) is 9.59 Å². The molecular weight excluding hydrogens is 330 g/mol. The molecule has 5 nitrogen and oxygen atoms in total. The van der Waals surface area contributed by atoms with Gasteiger partial charge in [-0.15, -0.1) is 0 Å². The molecule has 0 saturated heterocycles. The van der Waals surface area contributed by atoms with Gasteiger partial charge in [0, 0.05) is 13.1 Å². The van der Waals surface area contributed by atoms with Crippen LogP contribution in [0.3, 0.4) is 0 Å². The monoisotopic (exact) mass is 355 g/mol. The Balaban J connectivity index is 2.21. The van der Waals surface area contributed by atoms with Gasteiger partial charge >= 0.3 is 5.97 Å². The minimum Gasteiger partial charge on any atom is -0.496 e. The van der Waals surface area contributed by atoms with Crippen LogP contribution in [0.5, 0.6) is 5.75 Å². The van der Waals surface area contributed by atoms with Crippen LogP contribution in [0, 0.1) is 6.92 Å². The molecule has 2 aromatic carbocycles. The molecular formula is C21H25NO4. The number of para-hydroxylation sites is 1. The lowest BCUT2D eigenvalue weighted by molar-refractivity contribution is -0.143. The average molecular weight is 355 g/mol. The normalized spacial score (nSPS) is 10.3. The van der Waals surface area contributed by atoms with Crippen molar-refractivity contribution in [1.82, 2.24) is 4.90 Å². The molecule has 1 amide bonds. The first-order chi connectivity index (χ1) is 12.5. The molecule has 0 aliphatic carbocycles. The van der Waals surface area contributed by atoms with E-state index in [1.54, 1.807) is 30.0 Å². The number of methoxy groups -OCH3 is 1. The van der Waals surface area contributed by atoms with Gasteiger partial charge in [0.2, 0.25) is 0 Å². The van der Waals surface area contributed by atoms with Gasteiger partial charge in [-0.2, -0.15) is 0 Å². The van der Waals surface area contributed by atoms with Crippen molar-refractivity contribution in [3.05, 3.63) is 65.2 Å². The van der Waals surface area contributed by atoms with Crippen molar-refractivity contribution in [2.45, 2.75) is 26.8 Å². The highest BCUT2D eigenvalue weighted by Gasteiger charge is 2.20. The first-order valence-electron chi connectivity index (χ1n) is 8.68. The predicted molar refractivity (Wildman–Crippen MR) is 100 cm³/mol. The van der Waals surface area contributed by atoms with Crippen LogP contribution >= 0.6 is 0 Å². The summed E-state index contributed by atoms with van der Waals surface area (Å²) in [5.41, 5.74) is 2.64. The summed E-state index contributed by atoms with van der Waals surface area (Å²) in [6.07, 6.45) is 0.153. The van der Waals surface area contributed by atoms with E-state index in [4.69, 9.17) is 9.47 Å². The second-order valence-corrected chi connectivity index (χ2v) is 5.97. The molecule has 0 aromatic heterocycles. The van der Waals surface area contributed by atoms with E-state index in [1.807, 2.05) is 37.3 Å². The first-order valence-corrected chi connectivity index (χ1v) is 8.68. The molecule has 0 unspecified atom stereocenters. The van der Waals surface area contributed by atoms with Crippen molar-refractivity contribution in [2.24, 2.45) is 0 Å². The summed E-state index contributed by atoms with van der Waals surface area (Å²) in [6, 6.07) is 15.1. The zero-order valence-electron chi connectivity index (χ0n) is 15.5. The molecule has 0 atom stereocenters. The zero-order valence-corrected chi connectivity index (χ0v) is 15.5. The number of carbonyl (C=O) groups is 2. The molecule has 5 heteroatoms. The SMILES string of the molecule is CCOC(=O)CCN(Cc1ccc(C)cc1)C(=O)c1ccccc1OC. The number of hydrogen-bond donors (Lipinski definition) is 0. The van der Waals surface area contributed by atoms with Crippen molar-refractivity contribution in [3.8, 4) is 5.75 Å². The zero-order chi connectivity index (χ0) is 18.9. The van der Waals surface area contributed by atoms with Crippen LogP contribution < -0.4 is 4.74 Å². The molecule has 2 rings (SSSR count). The Morgan fingerprint density at radius 2 is 1.73 bits per heavy atom. The van der Waals surface area contributed by atoms with E-state index in [0.29, 0.717) is 24.5 Å². The van der Waals surface area contributed by atoms with Crippen molar-refractivity contribution in [2.75, 3.05) is 20.3 Å². The van der Waals surface area contributed by atoms with Crippen LogP contribution in [0.4, 0.5) is 0 Å². The largest absolute Gasteiger partial charge is 0.496 e. The van der Waals surface area contributed by atoms with Gasteiger partial charge in [0.1, 0.15) is 5.75 Å². The number of carbonyl (C=O) groups excluding carboxylic acids is 2. The Bertz CT molecular complexity index is 740. The summed E-state index contributed by atoms with van der Waals surface area (Å²) in [7, 11) is 1.54. The average Bonchev–Trinajstić information content (AvgIpc) is 2.66. The molecule has 0 aliphatic heterocycles. The lowest BCUT2D eigenvalue weighted by Gasteiger charge is -2.23. The Labute approximate surface area is 154 Å². The molecule has 0 fully saturated rings. The van der Waals surface area contributed by atoms with Gasteiger partial charge in [-0.1, -0.05) is 42.0 Å². The molecule has 2 aromatic rings. The third kappa shape index (κ3) is 5.34. The lowest BCUT2D eigenvalue weighted by atomic mass is 10.1. The maximum absolute atomic E-state index is 13.1. The fourth-order valence-corrected chi connectivity index (χ4v) is 2.62. The molecule has 0 saturated carbocycles. The molecule has 0 radical (unpaired) electrons. The van der Waals surface area contributed by atoms with Crippen LogP contribution in [0.25, 0.3) is 0 Å². The highest BCUT2D eigenvalue weighted by atomic mass is 16.5. The highest BCUT2D eigenvalue weighted by Crippen LogP contribution is 2.21. The van der Waals surface area contributed by atoms with Crippen molar-refractivity contribution < 1.29 is 19.1 Å². The van der Waals surface area contributed by atoms with E-state index in [0.717, 1.165) is 11.1 Å². The number of nitrogens with zero attached hydrogens (tertiary/aromatic N) is 1. The molecule has 0 bridgehead atoms. The number of amides is 1. The Kier molecular flexibility index (Phi) is 7.21. The van der Waals surface area contributed by atoms with E-state index in [2.05, 4.69) is 0 Å². The molecule has 0 spiro atoms. The van der Waals surface area contributed by atoms with Crippen LogP contribution in [0.2, 0.25) is 0 Å². The third-order valence-electron chi connectivity index (χ3n) is 4.01. The molecule has 0 aliphatic rings. The number of aryl methyl sites for hydroxylation is 1. The first kappa shape index (κ1) is 19.5. The second kappa shape index (κ2) is 9.61. The lowest BCUT2D eigenvalue weighted by Crippen LogP contribution is -2.33. The van der Waals surface area contributed by atoms with Crippen LogP contribution in [0.1, 0.15) is 34.8 Å². The minimum atomic E-state index is -0.311. The predicted octanol–water partition coefficient (Wildman–Crippen LogP) is 3.60. The van der Waals surface area contributed by atoms with Crippen LogP contribution in [-0.2, 0) is 16.1 Å². The van der Waals surface area contributed by atoms with Crippen molar-refractivity contribution >= 4 is 11.9 Å². The van der Waals surface area contributed by atoms with Gasteiger partial charge in [0.05, 0.1) is 25.7 Å². The number of benzene rings is 2. The number of hydrogen-bond acceptors (Lipinski definition) is 4. The molecule has 0 heterocycles. The molecule has 138 valence electrons. The quantitative estimate of drug-likeness (QED) is 0.679. The summed E-state index contributed by atoms with van der Waals surface area (Å²) >= 11 is 0. The van der Waals surface area contributed by atoms with Crippen molar-refractivity contribution in [3.63, 3.8) is 0 Å². The van der Waals surface area contributed by atoms with Gasteiger partial charge < -0.3 is 14.4 Å². The summed E-state index contributed by atoms with van der Waals surface area (Å²) in [6.45, 7) is 4.81. The Hall–Kier alpha value is -2.82. The third-order valence-corrected chi connectivity index (χ3v) is 4.01. The van der Waals surface area contributed by atoms with E-state index >= 15 is 0 Å². The number of rotatable bonds is 8. The molecule has 26 heavy (non-hydrogen) atoms. The van der Waals surface area contributed by atoms with Gasteiger partial charge in [-0.25, -0.2) is 0 Å². The van der Waals surface area contributed by atoms with Gasteiger partial charge in [-0.05, 0) is 31.5 Å². The standard InChI is InChI=1S/C21H25NO4/c1-4-26-20(23)13-14-22(15-17-11-9-16(2)10-12-17)21(24)18-7-5-6-8-19(18)25-3/h5-12H,4,13-15H2,1-3H3. The fraction of sp³-hybridized carbons (Fsp3) is 0.333. The minimum absolute atomic E-state index is 0.153. The van der Waals surface area contributed by atoms with E-state index in [-0.39, 0.29) is 24.8 Å². The van der Waals surface area contributed by atoms with E-state index in [9.17, 15) is 9.59 Å². The Morgan fingerprint density at radius 1 is 1.04 bits per heavy atom. The summed E-state index contributed by atoms with van der Waals surface area (Å²) < 4.78 is 10.3. The summed E-state index contributed by atoms with van der Waals surface area (Å²) in [5.74, 6) is 0.0316. The van der Waals surface area contributed by atoms with E-state index < -0.39 is 0 Å². The smallest absolute Gasteiger partial charge is 0.307 e.